The van der Waals surface area contributed by atoms with Gasteiger partial charge in [0.05, 0.1) is 0 Å². The van der Waals surface area contributed by atoms with Crippen molar-refractivity contribution in [3.05, 3.63) is 0 Å². The van der Waals surface area contributed by atoms with Crippen LogP contribution in [0.15, 0.2) is 0 Å². The van der Waals surface area contributed by atoms with Crippen LogP contribution in [0.5, 0.6) is 0 Å². The van der Waals surface area contributed by atoms with E-state index < -0.39 is 26.7 Å². The van der Waals surface area contributed by atoms with Gasteiger partial charge in [0.2, 0.25) is 0 Å². The van der Waals surface area contributed by atoms with Gasteiger partial charge in [-0.1, -0.05) is 0 Å². The van der Waals surface area contributed by atoms with Gasteiger partial charge in [-0.05, 0) is 0 Å². The van der Waals surface area contributed by atoms with Crippen LogP contribution >= 0.6 is 0 Å². The van der Waals surface area contributed by atoms with Crippen LogP contribution in [-0.2, 0) is 42.1 Å². The first-order valence-electron chi connectivity index (χ1n) is 1.23. The maximum absolute atomic E-state index is 8.58. The summed E-state index contributed by atoms with van der Waals surface area (Å²) in [6.45, 7) is 0. The van der Waals surface area contributed by atoms with Crippen LogP contribution in [0.1, 0.15) is 0 Å². The standard InChI is InChI=1S/La.2Mn.Na.8O/q+3;;;+1;;;;;4*-1. The van der Waals surface area contributed by atoms with E-state index in [1.807, 2.05) is 0 Å². The Morgan fingerprint density at radius 1 is 0.667 bits per heavy atom. The van der Waals surface area contributed by atoms with Gasteiger partial charge in [0.1, 0.15) is 0 Å². The van der Waals surface area contributed by atoms with E-state index in [1.54, 1.807) is 0 Å². The fourth-order valence-electron chi connectivity index (χ4n) is 0. The van der Waals surface area contributed by atoms with Gasteiger partial charge >= 0.3 is 124 Å². The summed E-state index contributed by atoms with van der Waals surface area (Å²) in [5.74, 6) is 0. The van der Waals surface area contributed by atoms with Crippen molar-refractivity contribution in [2.24, 2.45) is 0 Å². The molecular formula is LaMn2NaO8. The number of rotatable bonds is 0. The zero-order valence-corrected chi connectivity index (χ0v) is 13.6. The summed E-state index contributed by atoms with van der Waals surface area (Å²) < 4.78 is 68.6. The quantitative estimate of drug-likeness (QED) is 0.363. The van der Waals surface area contributed by atoms with Gasteiger partial charge in [-0.25, -0.2) is 0 Å². The van der Waals surface area contributed by atoms with Gasteiger partial charge < -0.3 is 0 Å². The van der Waals surface area contributed by atoms with Crippen LogP contribution in [0, 0.1) is 35.6 Å². The Hall–Kier alpha value is 2.27. The molecule has 0 saturated heterocycles. The molecule has 12 heteroatoms. The molecule has 0 spiro atoms. The molecular weight excluding hydrogens is 400 g/mol. The number of hydrogen-bond donors (Lipinski definition) is 0. The third-order valence-electron chi connectivity index (χ3n) is 0. The van der Waals surface area contributed by atoms with Crippen LogP contribution in [-0.4, -0.2) is 0 Å². The molecule has 0 heterocycles. The molecule has 0 aromatic rings. The van der Waals surface area contributed by atoms with Gasteiger partial charge in [-0.3, -0.25) is 0 Å². The van der Waals surface area contributed by atoms with Crippen molar-refractivity contribution in [3.63, 3.8) is 0 Å². The SMILES string of the molecule is [La+3].[Na+].[O]=[Mn](=[O])([O-])[O-].[O]=[Mn](=[O])([O-])[O-]. The van der Waals surface area contributed by atoms with Crippen LogP contribution in [0.3, 0.4) is 0 Å². The molecule has 0 aliphatic carbocycles. The molecule has 0 bridgehead atoms. The minimum atomic E-state index is -5.62. The van der Waals surface area contributed by atoms with Crippen molar-refractivity contribution >= 4 is 0 Å². The predicted molar refractivity (Wildman–Crippen MR) is 2.75 cm³/mol. The third kappa shape index (κ3) is 302. The summed E-state index contributed by atoms with van der Waals surface area (Å²) >= 11 is -11.2. The molecule has 12 heavy (non-hydrogen) atoms. The van der Waals surface area contributed by atoms with E-state index in [1.165, 1.54) is 0 Å². The molecule has 0 aliphatic heterocycles. The van der Waals surface area contributed by atoms with Crippen LogP contribution in [0.2, 0.25) is 0 Å². The molecule has 0 aromatic heterocycles. The summed E-state index contributed by atoms with van der Waals surface area (Å²) in [7, 11) is 0. The van der Waals surface area contributed by atoms with Crippen molar-refractivity contribution in [3.8, 4) is 0 Å². The summed E-state index contributed by atoms with van der Waals surface area (Å²) in [6, 6.07) is 0. The van der Waals surface area contributed by atoms with Crippen molar-refractivity contribution in [1.82, 2.24) is 0 Å². The minimum absolute atomic E-state index is 0. The monoisotopic (exact) mass is 400 g/mol. The molecule has 66 valence electrons. The van der Waals surface area contributed by atoms with E-state index in [4.69, 9.17) is 32.1 Å². The maximum atomic E-state index is 8.58. The van der Waals surface area contributed by atoms with Crippen molar-refractivity contribution < 1.29 is 124 Å². The first-order chi connectivity index (χ1) is 4.00. The van der Waals surface area contributed by atoms with E-state index in [-0.39, 0.29) is 65.2 Å². The second-order valence-electron chi connectivity index (χ2n) is 0.756. The first kappa shape index (κ1) is 23.8. The Morgan fingerprint density at radius 3 is 0.667 bits per heavy atom. The zero-order valence-electron chi connectivity index (χ0n) is 5.60. The van der Waals surface area contributed by atoms with Gasteiger partial charge in [0.15, 0.2) is 0 Å². The van der Waals surface area contributed by atoms with Crippen LogP contribution in [0.4, 0.5) is 0 Å². The molecule has 0 saturated carbocycles. The molecule has 0 atom stereocenters. The molecule has 0 fully saturated rings. The summed E-state index contributed by atoms with van der Waals surface area (Å²) in [6.07, 6.45) is 0. The second-order valence-corrected chi connectivity index (χ2v) is 3.12. The average molecular weight is 400 g/mol. The molecule has 0 amide bonds. The van der Waals surface area contributed by atoms with E-state index in [0.29, 0.717) is 0 Å². The third-order valence-corrected chi connectivity index (χ3v) is 0. The van der Waals surface area contributed by atoms with Gasteiger partial charge in [-0.2, -0.15) is 0 Å². The summed E-state index contributed by atoms with van der Waals surface area (Å²) in [4.78, 5) is 0. The molecule has 0 radical (unpaired) electrons. The van der Waals surface area contributed by atoms with Crippen molar-refractivity contribution in [2.45, 2.75) is 0 Å². The summed E-state index contributed by atoms with van der Waals surface area (Å²) in [5.41, 5.74) is 0. The summed E-state index contributed by atoms with van der Waals surface area (Å²) in [5, 5.41) is 0. The zero-order chi connectivity index (χ0) is 9.00. The Balaban J connectivity index is -0.0000000457. The average Bonchev–Trinajstić information content (AvgIpc) is 1.12. The van der Waals surface area contributed by atoms with E-state index in [2.05, 4.69) is 0 Å². The molecule has 0 aliphatic rings. The molecule has 0 unspecified atom stereocenters. The van der Waals surface area contributed by atoms with Gasteiger partial charge in [-0.15, -0.1) is 0 Å². The van der Waals surface area contributed by atoms with Gasteiger partial charge in [0.25, 0.3) is 0 Å². The van der Waals surface area contributed by atoms with Crippen molar-refractivity contribution in [2.75, 3.05) is 0 Å². The Labute approximate surface area is 122 Å². The predicted octanol–water partition coefficient (Wildman–Crippen LogP) is -8.23. The molecule has 8 nitrogen and oxygen atoms in total. The Bertz CT molecular complexity index is 213. The molecule has 0 rings (SSSR count). The Morgan fingerprint density at radius 2 is 0.667 bits per heavy atom. The van der Waals surface area contributed by atoms with E-state index in [0.717, 1.165) is 0 Å². The van der Waals surface area contributed by atoms with Crippen molar-refractivity contribution in [1.29, 1.82) is 0 Å². The fraction of sp³-hybridized carbons (Fsp3) is 0. The van der Waals surface area contributed by atoms with Crippen LogP contribution in [0.25, 0.3) is 0 Å². The normalized spacial score (nSPS) is 9.67. The first-order valence-corrected chi connectivity index (χ1v) is 5.09. The fourth-order valence-corrected chi connectivity index (χ4v) is 0. The topological polar surface area (TPSA) is 161 Å². The molecule has 0 N–H and O–H groups in total. The number of hydrogen-bond acceptors (Lipinski definition) is 8. The Kier molecular flexibility index (Phi) is 19.5. The second kappa shape index (κ2) is 9.81. The van der Waals surface area contributed by atoms with Gasteiger partial charge in [0, 0.05) is 0 Å². The molecule has 0 aromatic carbocycles. The van der Waals surface area contributed by atoms with E-state index >= 15 is 0 Å². The van der Waals surface area contributed by atoms with E-state index in [9.17, 15) is 0 Å². The van der Waals surface area contributed by atoms with Crippen LogP contribution < -0.4 is 46.3 Å².